The number of H-pyrrole nitrogens is 1. The molecule has 4 N–H and O–H groups in total. The lowest BCUT2D eigenvalue weighted by Gasteiger charge is -2.19. The highest BCUT2D eigenvalue weighted by molar-refractivity contribution is 5.68. The number of aromatic amines is 1. The van der Waals surface area contributed by atoms with Crippen LogP contribution >= 0.6 is 0 Å². The fourth-order valence-electron chi connectivity index (χ4n) is 1.87. The Kier molecular flexibility index (Phi) is 4.34. The number of imidazole rings is 1. The molecule has 22 heavy (non-hydrogen) atoms. The van der Waals surface area contributed by atoms with E-state index in [1.54, 1.807) is 20.8 Å². The van der Waals surface area contributed by atoms with Crippen LogP contribution in [0.2, 0.25) is 0 Å². The number of nitrogens with one attached hydrogen (secondary N) is 2. The lowest BCUT2D eigenvalue weighted by atomic mass is 10.2. The van der Waals surface area contributed by atoms with E-state index in [2.05, 4.69) is 20.3 Å². The van der Waals surface area contributed by atoms with Crippen LogP contribution in [0.4, 0.5) is 4.79 Å². The number of carbonyl (C=O) groups is 1. The lowest BCUT2D eigenvalue weighted by molar-refractivity contribution is 0.0527. The number of carbonyl (C=O) groups excluding carboxylic acids is 1. The first-order valence-electron chi connectivity index (χ1n) is 6.95. The number of nitrogens with zero attached hydrogens (tertiary/aromatic N) is 3. The Labute approximate surface area is 126 Å². The number of hydrogen-bond donors (Lipinski definition) is 3. The summed E-state index contributed by atoms with van der Waals surface area (Å²) in [5.74, 6) is 6.13. The van der Waals surface area contributed by atoms with Crippen LogP contribution < -0.4 is 16.7 Å². The van der Waals surface area contributed by atoms with Crippen molar-refractivity contribution >= 4 is 17.3 Å². The minimum atomic E-state index is -0.533. The zero-order valence-corrected chi connectivity index (χ0v) is 12.8. The maximum atomic E-state index is 11.9. The highest BCUT2D eigenvalue weighted by Crippen LogP contribution is 2.06. The molecule has 0 bridgehead atoms. The van der Waals surface area contributed by atoms with E-state index >= 15 is 0 Å². The second-order valence-corrected chi connectivity index (χ2v) is 5.84. The number of aromatic nitrogens is 4. The van der Waals surface area contributed by atoms with Crippen LogP contribution in [-0.4, -0.2) is 37.9 Å². The van der Waals surface area contributed by atoms with Gasteiger partial charge < -0.3 is 20.9 Å². The van der Waals surface area contributed by atoms with Gasteiger partial charge in [-0.25, -0.2) is 19.4 Å². The largest absolute Gasteiger partial charge is 0.444 e. The summed E-state index contributed by atoms with van der Waals surface area (Å²) in [6, 6.07) is 0. The number of fused-ring (bicyclic) bond motifs is 1. The van der Waals surface area contributed by atoms with E-state index in [4.69, 9.17) is 10.6 Å². The van der Waals surface area contributed by atoms with Crippen LogP contribution in [0.1, 0.15) is 33.0 Å². The monoisotopic (exact) mass is 308 g/mol. The zero-order chi connectivity index (χ0) is 16.3. The number of nitrogens with two attached hydrogens (primary N) is 1. The first kappa shape index (κ1) is 15.8. The van der Waals surface area contributed by atoms with Crippen molar-refractivity contribution in [2.45, 2.75) is 39.2 Å². The smallest absolute Gasteiger partial charge is 0.407 e. The van der Waals surface area contributed by atoms with Gasteiger partial charge in [0.2, 0.25) is 0 Å². The van der Waals surface area contributed by atoms with Gasteiger partial charge in [0.05, 0.1) is 6.33 Å². The quantitative estimate of drug-likeness (QED) is 0.550. The zero-order valence-electron chi connectivity index (χ0n) is 12.8. The molecule has 2 rings (SSSR count). The number of aryl methyl sites for hydroxylation is 1. The minimum Gasteiger partial charge on any atom is -0.444 e. The molecule has 2 aromatic rings. The Morgan fingerprint density at radius 1 is 1.50 bits per heavy atom. The van der Waals surface area contributed by atoms with Crippen molar-refractivity contribution in [1.82, 2.24) is 24.9 Å². The van der Waals surface area contributed by atoms with Gasteiger partial charge in [0.15, 0.2) is 11.2 Å². The number of hydrogen-bond acceptors (Lipinski definition) is 6. The SMILES string of the molecule is CC(C)(C)OC(=O)NCCCc1nc2nc[nH]c2c(=O)n1N. The molecular weight excluding hydrogens is 288 g/mol. The maximum absolute atomic E-state index is 11.9. The molecule has 9 heteroatoms. The highest BCUT2D eigenvalue weighted by Gasteiger charge is 2.15. The molecule has 2 heterocycles. The average Bonchev–Trinajstić information content (AvgIpc) is 2.86. The van der Waals surface area contributed by atoms with Crippen molar-refractivity contribution in [2.24, 2.45) is 0 Å². The molecule has 0 aliphatic rings. The molecule has 0 saturated carbocycles. The average molecular weight is 308 g/mol. The summed E-state index contributed by atoms with van der Waals surface area (Å²) in [4.78, 5) is 34.3. The van der Waals surface area contributed by atoms with Gasteiger partial charge in [0, 0.05) is 13.0 Å². The summed E-state index contributed by atoms with van der Waals surface area (Å²) in [6.45, 7) is 5.78. The summed E-state index contributed by atoms with van der Waals surface area (Å²) < 4.78 is 6.11. The number of amides is 1. The van der Waals surface area contributed by atoms with Gasteiger partial charge in [-0.2, -0.15) is 0 Å². The van der Waals surface area contributed by atoms with Gasteiger partial charge in [-0.15, -0.1) is 0 Å². The Morgan fingerprint density at radius 3 is 2.91 bits per heavy atom. The van der Waals surface area contributed by atoms with E-state index in [0.29, 0.717) is 30.9 Å². The molecule has 9 nitrogen and oxygen atoms in total. The molecule has 0 radical (unpaired) electrons. The second-order valence-electron chi connectivity index (χ2n) is 5.84. The van der Waals surface area contributed by atoms with E-state index in [1.165, 1.54) is 6.33 Å². The Balaban J connectivity index is 1.91. The van der Waals surface area contributed by atoms with Crippen LogP contribution in [0.15, 0.2) is 11.1 Å². The van der Waals surface area contributed by atoms with Crippen molar-refractivity contribution in [3.05, 3.63) is 22.5 Å². The summed E-state index contributed by atoms with van der Waals surface area (Å²) >= 11 is 0. The van der Waals surface area contributed by atoms with Crippen LogP contribution in [0.5, 0.6) is 0 Å². The van der Waals surface area contributed by atoms with Crippen LogP contribution in [0.25, 0.3) is 11.2 Å². The van der Waals surface area contributed by atoms with E-state index in [1.807, 2.05) is 0 Å². The summed E-state index contributed by atoms with van der Waals surface area (Å²) in [6.07, 6.45) is 1.92. The van der Waals surface area contributed by atoms with Gasteiger partial charge in [0.1, 0.15) is 11.4 Å². The van der Waals surface area contributed by atoms with Crippen molar-refractivity contribution in [1.29, 1.82) is 0 Å². The molecule has 0 aromatic carbocycles. The van der Waals surface area contributed by atoms with Gasteiger partial charge in [-0.1, -0.05) is 0 Å². The molecule has 0 spiro atoms. The third-order valence-electron chi connectivity index (χ3n) is 2.81. The topological polar surface area (TPSA) is 128 Å². The minimum absolute atomic E-state index is 0.276. The fraction of sp³-hybridized carbons (Fsp3) is 0.538. The lowest BCUT2D eigenvalue weighted by Crippen LogP contribution is -2.34. The van der Waals surface area contributed by atoms with Crippen molar-refractivity contribution < 1.29 is 9.53 Å². The standard InChI is InChI=1S/C13H20N6O3/c1-13(2,3)22-12(21)15-6-4-5-8-18-10-9(16-7-17-10)11(20)19(8)14/h7H,4-6,14H2,1-3H3,(H,15,21)(H,16,17). The van der Waals surface area contributed by atoms with Crippen LogP contribution in [0.3, 0.4) is 0 Å². The Bertz CT molecular complexity index is 727. The van der Waals surface area contributed by atoms with Gasteiger partial charge in [0.25, 0.3) is 5.56 Å². The van der Waals surface area contributed by atoms with E-state index in [9.17, 15) is 9.59 Å². The first-order valence-corrected chi connectivity index (χ1v) is 6.95. The molecular formula is C13H20N6O3. The number of nitrogen functional groups attached to an aromatic ring is 1. The molecule has 0 saturated heterocycles. The van der Waals surface area contributed by atoms with Crippen molar-refractivity contribution in [3.8, 4) is 0 Å². The molecule has 0 unspecified atom stereocenters. The third kappa shape index (κ3) is 3.74. The van der Waals surface area contributed by atoms with E-state index < -0.39 is 11.7 Å². The van der Waals surface area contributed by atoms with Crippen molar-refractivity contribution in [3.63, 3.8) is 0 Å². The number of ether oxygens (including phenoxy) is 1. The Morgan fingerprint density at radius 2 is 2.23 bits per heavy atom. The third-order valence-corrected chi connectivity index (χ3v) is 2.81. The fourth-order valence-corrected chi connectivity index (χ4v) is 1.87. The second kappa shape index (κ2) is 6.04. The normalized spacial score (nSPS) is 11.6. The van der Waals surface area contributed by atoms with E-state index in [-0.39, 0.29) is 11.1 Å². The molecule has 0 fully saturated rings. The van der Waals surface area contributed by atoms with Crippen molar-refractivity contribution in [2.75, 3.05) is 12.4 Å². The summed E-state index contributed by atoms with van der Waals surface area (Å²) in [5, 5.41) is 2.64. The predicted octanol–water partition coefficient (Wildman–Crippen LogP) is 0.291. The molecule has 1 amide bonds. The Hall–Kier alpha value is -2.58. The van der Waals surface area contributed by atoms with E-state index in [0.717, 1.165) is 4.68 Å². The number of rotatable bonds is 4. The van der Waals surface area contributed by atoms with Gasteiger partial charge >= 0.3 is 6.09 Å². The van der Waals surface area contributed by atoms with Gasteiger partial charge in [-0.3, -0.25) is 4.79 Å². The van der Waals surface area contributed by atoms with Gasteiger partial charge in [-0.05, 0) is 27.2 Å². The first-order chi connectivity index (χ1) is 10.3. The predicted molar refractivity (Wildman–Crippen MR) is 80.9 cm³/mol. The van der Waals surface area contributed by atoms with Crippen LogP contribution in [0, 0.1) is 0 Å². The highest BCUT2D eigenvalue weighted by atomic mass is 16.6. The summed E-state index contributed by atoms with van der Waals surface area (Å²) in [5.41, 5.74) is -0.300. The molecule has 0 aliphatic heterocycles. The maximum Gasteiger partial charge on any atom is 0.407 e. The molecule has 0 atom stereocenters. The number of alkyl carbamates (subject to hydrolysis) is 1. The molecule has 120 valence electrons. The van der Waals surface area contributed by atoms with Crippen LogP contribution in [-0.2, 0) is 11.2 Å². The molecule has 0 aliphatic carbocycles. The molecule has 2 aromatic heterocycles. The summed E-state index contributed by atoms with van der Waals surface area (Å²) in [7, 11) is 0.